The van der Waals surface area contributed by atoms with Gasteiger partial charge >= 0.3 is 0 Å². The third-order valence-electron chi connectivity index (χ3n) is 4.33. The van der Waals surface area contributed by atoms with Gasteiger partial charge in [0.1, 0.15) is 11.5 Å². The maximum Gasteiger partial charge on any atom is 0.123 e. The second-order valence-corrected chi connectivity index (χ2v) is 5.93. The fourth-order valence-corrected chi connectivity index (χ4v) is 3.44. The number of benzene rings is 2. The van der Waals surface area contributed by atoms with Gasteiger partial charge in [-0.3, -0.25) is 0 Å². The molecule has 1 fully saturated rings. The van der Waals surface area contributed by atoms with E-state index in [1.807, 2.05) is 24.3 Å². The summed E-state index contributed by atoms with van der Waals surface area (Å²) in [4.78, 5) is 0. The molecule has 2 aromatic rings. The lowest BCUT2D eigenvalue weighted by Crippen LogP contribution is -2.15. The average Bonchev–Trinajstić information content (AvgIpc) is 3.36. The van der Waals surface area contributed by atoms with E-state index in [-0.39, 0.29) is 10.8 Å². The number of ether oxygens (including phenoxy) is 2. The monoisotopic (exact) mass is 302 g/mol. The molecule has 3 heteroatoms. The van der Waals surface area contributed by atoms with Gasteiger partial charge in [0.05, 0.1) is 19.6 Å². The van der Waals surface area contributed by atoms with Gasteiger partial charge in [0, 0.05) is 11.0 Å². The van der Waals surface area contributed by atoms with E-state index in [9.17, 15) is 0 Å². The van der Waals surface area contributed by atoms with Crippen molar-refractivity contribution in [3.8, 4) is 11.5 Å². The molecular weight excluding hydrogens is 284 g/mol. The van der Waals surface area contributed by atoms with Crippen molar-refractivity contribution in [2.24, 2.45) is 0 Å². The lowest BCUT2D eigenvalue weighted by Gasteiger charge is -2.24. The number of alkyl halides is 1. The Hall–Kier alpha value is -1.67. The predicted octanol–water partition coefficient (Wildman–Crippen LogP) is 4.72. The van der Waals surface area contributed by atoms with Crippen molar-refractivity contribution in [2.45, 2.75) is 23.6 Å². The highest BCUT2D eigenvalue weighted by molar-refractivity contribution is 6.22. The summed E-state index contributed by atoms with van der Waals surface area (Å²) in [6.07, 6.45) is 2.21. The van der Waals surface area contributed by atoms with Crippen LogP contribution in [0.1, 0.15) is 29.3 Å². The molecule has 0 aliphatic heterocycles. The second-order valence-electron chi connectivity index (χ2n) is 5.49. The summed E-state index contributed by atoms with van der Waals surface area (Å²) in [7, 11) is 3.34. The maximum absolute atomic E-state index is 6.87. The van der Waals surface area contributed by atoms with Gasteiger partial charge in [0.15, 0.2) is 0 Å². The Morgan fingerprint density at radius 1 is 1.00 bits per heavy atom. The van der Waals surface area contributed by atoms with Gasteiger partial charge in [0.2, 0.25) is 0 Å². The van der Waals surface area contributed by atoms with Crippen LogP contribution in [0.2, 0.25) is 0 Å². The second kappa shape index (κ2) is 5.61. The van der Waals surface area contributed by atoms with Crippen molar-refractivity contribution < 1.29 is 9.47 Å². The Morgan fingerprint density at radius 3 is 2.29 bits per heavy atom. The largest absolute Gasteiger partial charge is 0.497 e. The highest BCUT2D eigenvalue weighted by Gasteiger charge is 2.51. The predicted molar refractivity (Wildman–Crippen MR) is 85.5 cm³/mol. The molecule has 110 valence electrons. The van der Waals surface area contributed by atoms with E-state index in [0.717, 1.165) is 29.9 Å². The summed E-state index contributed by atoms with van der Waals surface area (Å²) in [5.41, 5.74) is 2.32. The molecule has 1 unspecified atom stereocenters. The smallest absolute Gasteiger partial charge is 0.123 e. The van der Waals surface area contributed by atoms with Crippen LogP contribution in [0, 0.1) is 0 Å². The molecule has 0 bridgehead atoms. The first-order valence-corrected chi connectivity index (χ1v) is 7.56. The highest BCUT2D eigenvalue weighted by Crippen LogP contribution is 2.60. The van der Waals surface area contributed by atoms with Gasteiger partial charge in [-0.15, -0.1) is 11.6 Å². The van der Waals surface area contributed by atoms with E-state index in [0.29, 0.717) is 0 Å². The fraction of sp³-hybridized carbons (Fsp3) is 0.333. The van der Waals surface area contributed by atoms with Gasteiger partial charge in [-0.2, -0.15) is 0 Å². The first kappa shape index (κ1) is 14.3. The molecule has 1 aliphatic rings. The van der Waals surface area contributed by atoms with Gasteiger partial charge in [-0.1, -0.05) is 30.3 Å². The maximum atomic E-state index is 6.87. The molecule has 1 atom stereocenters. The van der Waals surface area contributed by atoms with Gasteiger partial charge in [-0.25, -0.2) is 0 Å². The van der Waals surface area contributed by atoms with E-state index in [4.69, 9.17) is 21.1 Å². The molecule has 0 spiro atoms. The third kappa shape index (κ3) is 2.49. The van der Waals surface area contributed by atoms with Crippen molar-refractivity contribution >= 4 is 11.6 Å². The van der Waals surface area contributed by atoms with Gasteiger partial charge in [-0.05, 0) is 36.6 Å². The lowest BCUT2D eigenvalue weighted by molar-refractivity contribution is 0.396. The summed E-state index contributed by atoms with van der Waals surface area (Å²) in [5.74, 6) is 1.62. The zero-order valence-corrected chi connectivity index (χ0v) is 13.1. The van der Waals surface area contributed by atoms with Crippen molar-refractivity contribution in [3.05, 3.63) is 59.7 Å². The van der Waals surface area contributed by atoms with E-state index < -0.39 is 0 Å². The number of halogens is 1. The molecule has 2 aromatic carbocycles. The summed E-state index contributed by atoms with van der Waals surface area (Å²) < 4.78 is 10.8. The van der Waals surface area contributed by atoms with E-state index in [2.05, 4.69) is 24.3 Å². The summed E-state index contributed by atoms with van der Waals surface area (Å²) in [5, 5.41) is -0.120. The van der Waals surface area contributed by atoms with Crippen molar-refractivity contribution in [2.75, 3.05) is 14.2 Å². The third-order valence-corrected chi connectivity index (χ3v) is 4.99. The first-order chi connectivity index (χ1) is 10.2. The van der Waals surface area contributed by atoms with Crippen LogP contribution in [0.15, 0.2) is 48.5 Å². The van der Waals surface area contributed by atoms with E-state index in [1.165, 1.54) is 5.56 Å². The Balaban J connectivity index is 2.00. The zero-order valence-electron chi connectivity index (χ0n) is 12.3. The van der Waals surface area contributed by atoms with Crippen LogP contribution in [0.25, 0.3) is 0 Å². The standard InChI is InChI=1S/C18H19ClO2/c1-20-14-8-9-16(21-2)15(12-14)17(19)18(10-11-18)13-6-4-3-5-7-13/h3-9,12,17H,10-11H2,1-2H3. The molecule has 0 radical (unpaired) electrons. The van der Waals surface area contributed by atoms with Crippen LogP contribution in [0.4, 0.5) is 0 Å². The molecule has 0 aromatic heterocycles. The van der Waals surface area contributed by atoms with Crippen LogP contribution in [-0.4, -0.2) is 14.2 Å². The molecule has 21 heavy (non-hydrogen) atoms. The molecule has 1 saturated carbocycles. The van der Waals surface area contributed by atoms with Crippen molar-refractivity contribution in [3.63, 3.8) is 0 Å². The Kier molecular flexibility index (Phi) is 3.81. The van der Waals surface area contributed by atoms with E-state index >= 15 is 0 Å². The van der Waals surface area contributed by atoms with Gasteiger partial charge < -0.3 is 9.47 Å². The summed E-state index contributed by atoms with van der Waals surface area (Å²) in [6, 6.07) is 16.3. The van der Waals surface area contributed by atoms with Crippen LogP contribution < -0.4 is 9.47 Å². The minimum absolute atomic E-state index is 0.0163. The first-order valence-electron chi connectivity index (χ1n) is 7.13. The Labute approximate surface area is 130 Å². The average molecular weight is 303 g/mol. The SMILES string of the molecule is COc1ccc(OC)c(C(Cl)C2(c3ccccc3)CC2)c1. The Morgan fingerprint density at radius 2 is 1.71 bits per heavy atom. The molecular formula is C18H19ClO2. The topological polar surface area (TPSA) is 18.5 Å². The van der Waals surface area contributed by atoms with Crippen LogP contribution in [-0.2, 0) is 5.41 Å². The summed E-state index contributed by atoms with van der Waals surface area (Å²) >= 11 is 6.87. The fourth-order valence-electron chi connectivity index (χ4n) is 2.93. The molecule has 0 amide bonds. The number of rotatable bonds is 5. The highest BCUT2D eigenvalue weighted by atomic mass is 35.5. The normalized spacial score (nSPS) is 17.1. The zero-order chi connectivity index (χ0) is 14.9. The van der Waals surface area contributed by atoms with Gasteiger partial charge in [0.25, 0.3) is 0 Å². The lowest BCUT2D eigenvalue weighted by atomic mass is 9.88. The van der Waals surface area contributed by atoms with Crippen LogP contribution in [0.5, 0.6) is 11.5 Å². The van der Waals surface area contributed by atoms with E-state index in [1.54, 1.807) is 14.2 Å². The molecule has 1 aliphatic carbocycles. The molecule has 3 rings (SSSR count). The molecule has 0 N–H and O–H groups in total. The number of methoxy groups -OCH3 is 2. The van der Waals surface area contributed by atoms with Crippen molar-refractivity contribution in [1.82, 2.24) is 0 Å². The minimum atomic E-state index is -0.120. The molecule has 0 heterocycles. The molecule has 2 nitrogen and oxygen atoms in total. The molecule has 0 saturated heterocycles. The minimum Gasteiger partial charge on any atom is -0.497 e. The quantitative estimate of drug-likeness (QED) is 0.744. The van der Waals surface area contributed by atoms with Crippen molar-refractivity contribution in [1.29, 1.82) is 0 Å². The summed E-state index contributed by atoms with van der Waals surface area (Å²) in [6.45, 7) is 0. The number of hydrogen-bond acceptors (Lipinski definition) is 2. The number of hydrogen-bond donors (Lipinski definition) is 0. The van der Waals surface area contributed by atoms with Crippen LogP contribution in [0.3, 0.4) is 0 Å². The Bertz CT molecular complexity index is 620. The van der Waals surface area contributed by atoms with Crippen LogP contribution >= 0.6 is 11.6 Å².